The molecule has 0 saturated carbocycles. The van der Waals surface area contributed by atoms with E-state index in [4.69, 9.17) is 0 Å². The molecular weight excluding hydrogens is 176 g/mol. The van der Waals surface area contributed by atoms with Crippen LogP contribution >= 0.6 is 0 Å². The first-order valence-corrected chi connectivity index (χ1v) is 5.13. The van der Waals surface area contributed by atoms with Gasteiger partial charge in [0.25, 0.3) is 0 Å². The molecule has 1 aliphatic rings. The fourth-order valence-corrected chi connectivity index (χ4v) is 1.90. The molecule has 0 radical (unpaired) electrons. The second-order valence-electron chi connectivity index (χ2n) is 3.91. The van der Waals surface area contributed by atoms with Crippen LogP contribution in [0.3, 0.4) is 0 Å². The molecule has 14 heavy (non-hydrogen) atoms. The summed E-state index contributed by atoms with van der Waals surface area (Å²) >= 11 is 0. The van der Waals surface area contributed by atoms with E-state index in [2.05, 4.69) is 5.10 Å². The van der Waals surface area contributed by atoms with E-state index < -0.39 is 0 Å². The summed E-state index contributed by atoms with van der Waals surface area (Å²) in [5.74, 6) is 0. The number of hydrogen-bond acceptors (Lipinski definition) is 2. The molecule has 1 heterocycles. The van der Waals surface area contributed by atoms with Crippen LogP contribution in [0.15, 0.2) is 18.5 Å². The van der Waals surface area contributed by atoms with Crippen molar-refractivity contribution < 1.29 is 5.11 Å². The number of aliphatic hydroxyl groups is 1. The monoisotopic (exact) mass is 192 g/mol. The van der Waals surface area contributed by atoms with E-state index in [1.165, 1.54) is 5.57 Å². The van der Waals surface area contributed by atoms with E-state index in [1.54, 1.807) is 4.68 Å². The Balaban J connectivity index is 2.23. The van der Waals surface area contributed by atoms with Gasteiger partial charge in [-0.2, -0.15) is 5.10 Å². The fraction of sp³-hybridized carbons (Fsp3) is 0.545. The van der Waals surface area contributed by atoms with Crippen molar-refractivity contribution in [1.82, 2.24) is 9.78 Å². The minimum atomic E-state index is -0.271. The van der Waals surface area contributed by atoms with Crippen LogP contribution in [0.1, 0.15) is 31.2 Å². The van der Waals surface area contributed by atoms with Gasteiger partial charge in [-0.15, -0.1) is 0 Å². The van der Waals surface area contributed by atoms with Gasteiger partial charge in [-0.05, 0) is 24.8 Å². The topological polar surface area (TPSA) is 38.0 Å². The average molecular weight is 192 g/mol. The Labute approximate surface area is 84.1 Å². The van der Waals surface area contributed by atoms with Crippen LogP contribution in [0.5, 0.6) is 0 Å². The molecule has 0 amide bonds. The van der Waals surface area contributed by atoms with Gasteiger partial charge in [-0.25, -0.2) is 0 Å². The third kappa shape index (κ3) is 2.04. The third-order valence-electron chi connectivity index (χ3n) is 2.67. The first-order valence-electron chi connectivity index (χ1n) is 5.13. The standard InChI is InChI=1S/C11H16N2O/c1-13-8-10(7-12-13)9-4-2-3-5-11(14)6-9/h6-8,11,14H,2-5H2,1H3. The lowest BCUT2D eigenvalue weighted by molar-refractivity contribution is 0.211. The zero-order valence-electron chi connectivity index (χ0n) is 8.48. The Hall–Kier alpha value is -1.09. The third-order valence-corrected chi connectivity index (χ3v) is 2.67. The smallest absolute Gasteiger partial charge is 0.0726 e. The minimum Gasteiger partial charge on any atom is -0.389 e. The van der Waals surface area contributed by atoms with Crippen molar-refractivity contribution in [3.8, 4) is 0 Å². The minimum absolute atomic E-state index is 0.271. The molecule has 1 N–H and O–H groups in total. The van der Waals surface area contributed by atoms with E-state index >= 15 is 0 Å². The summed E-state index contributed by atoms with van der Waals surface area (Å²) in [6, 6.07) is 0. The summed E-state index contributed by atoms with van der Waals surface area (Å²) in [7, 11) is 1.91. The van der Waals surface area contributed by atoms with Gasteiger partial charge in [0.2, 0.25) is 0 Å². The number of aromatic nitrogens is 2. The summed E-state index contributed by atoms with van der Waals surface area (Å²) in [6.07, 6.45) is 9.80. The molecule has 2 rings (SSSR count). The highest BCUT2D eigenvalue weighted by Crippen LogP contribution is 2.25. The summed E-state index contributed by atoms with van der Waals surface area (Å²) in [5.41, 5.74) is 2.39. The van der Waals surface area contributed by atoms with Gasteiger partial charge in [0.05, 0.1) is 12.3 Å². The molecule has 0 bridgehead atoms. The maximum Gasteiger partial charge on any atom is 0.0726 e. The van der Waals surface area contributed by atoms with Crippen LogP contribution in [0.25, 0.3) is 5.57 Å². The van der Waals surface area contributed by atoms with Gasteiger partial charge in [0.15, 0.2) is 0 Å². The Morgan fingerprint density at radius 1 is 1.50 bits per heavy atom. The van der Waals surface area contributed by atoms with Crippen molar-refractivity contribution in [3.63, 3.8) is 0 Å². The molecule has 0 saturated heterocycles. The van der Waals surface area contributed by atoms with Gasteiger partial charge in [-0.3, -0.25) is 4.68 Å². The number of aryl methyl sites for hydroxylation is 1. The van der Waals surface area contributed by atoms with Gasteiger partial charge in [0.1, 0.15) is 0 Å². The van der Waals surface area contributed by atoms with Crippen LogP contribution in [0, 0.1) is 0 Å². The van der Waals surface area contributed by atoms with E-state index in [9.17, 15) is 5.11 Å². The van der Waals surface area contributed by atoms with Crippen LogP contribution in [0.4, 0.5) is 0 Å². The number of hydrogen-bond donors (Lipinski definition) is 1. The molecule has 1 unspecified atom stereocenters. The molecule has 1 aromatic heterocycles. The van der Waals surface area contributed by atoms with Gasteiger partial charge in [0, 0.05) is 18.8 Å². The summed E-state index contributed by atoms with van der Waals surface area (Å²) < 4.78 is 1.80. The SMILES string of the molecule is Cn1cc(C2=CC(O)CCCC2)cn1. The predicted octanol–water partition coefficient (Wildman–Crippen LogP) is 1.74. The molecule has 0 aromatic carbocycles. The van der Waals surface area contributed by atoms with Gasteiger partial charge in [-0.1, -0.05) is 12.5 Å². The highest BCUT2D eigenvalue weighted by Gasteiger charge is 2.11. The van der Waals surface area contributed by atoms with Crippen molar-refractivity contribution in [3.05, 3.63) is 24.0 Å². The van der Waals surface area contributed by atoms with Crippen molar-refractivity contribution in [2.45, 2.75) is 31.8 Å². The van der Waals surface area contributed by atoms with Crippen molar-refractivity contribution >= 4 is 5.57 Å². The largest absolute Gasteiger partial charge is 0.389 e. The Bertz CT molecular complexity index is 341. The maximum atomic E-state index is 9.62. The Kier molecular flexibility index (Phi) is 2.68. The quantitative estimate of drug-likeness (QED) is 0.736. The number of nitrogens with zero attached hydrogens (tertiary/aromatic N) is 2. The summed E-state index contributed by atoms with van der Waals surface area (Å²) in [6.45, 7) is 0. The van der Waals surface area contributed by atoms with E-state index in [0.29, 0.717) is 0 Å². The van der Waals surface area contributed by atoms with Crippen LogP contribution in [-0.4, -0.2) is 21.0 Å². The molecule has 1 atom stereocenters. The molecule has 3 heteroatoms. The lowest BCUT2D eigenvalue weighted by atomic mass is 10.1. The lowest BCUT2D eigenvalue weighted by Gasteiger charge is -2.02. The summed E-state index contributed by atoms with van der Waals surface area (Å²) in [5, 5.41) is 13.8. The van der Waals surface area contributed by atoms with Crippen molar-refractivity contribution in [1.29, 1.82) is 0 Å². The van der Waals surface area contributed by atoms with Gasteiger partial charge < -0.3 is 5.11 Å². The normalized spacial score (nSPS) is 23.0. The second-order valence-corrected chi connectivity index (χ2v) is 3.91. The molecule has 76 valence electrons. The first kappa shape index (κ1) is 9.46. The first-order chi connectivity index (χ1) is 6.75. The molecular formula is C11H16N2O. The van der Waals surface area contributed by atoms with Crippen LogP contribution in [-0.2, 0) is 7.05 Å². The Morgan fingerprint density at radius 2 is 2.36 bits per heavy atom. The highest BCUT2D eigenvalue weighted by atomic mass is 16.3. The van der Waals surface area contributed by atoms with Gasteiger partial charge >= 0.3 is 0 Å². The average Bonchev–Trinajstić information content (AvgIpc) is 2.45. The van der Waals surface area contributed by atoms with Crippen LogP contribution < -0.4 is 0 Å². The molecule has 0 fully saturated rings. The lowest BCUT2D eigenvalue weighted by Crippen LogP contribution is -1.99. The second kappa shape index (κ2) is 3.96. The predicted molar refractivity (Wildman–Crippen MR) is 55.7 cm³/mol. The molecule has 0 spiro atoms. The van der Waals surface area contributed by atoms with E-state index in [0.717, 1.165) is 31.2 Å². The molecule has 1 aromatic rings. The fourth-order valence-electron chi connectivity index (χ4n) is 1.90. The zero-order chi connectivity index (χ0) is 9.97. The van der Waals surface area contributed by atoms with Crippen LogP contribution in [0.2, 0.25) is 0 Å². The number of aliphatic hydroxyl groups excluding tert-OH is 1. The zero-order valence-corrected chi connectivity index (χ0v) is 8.48. The maximum absolute atomic E-state index is 9.62. The van der Waals surface area contributed by atoms with E-state index in [1.807, 2.05) is 25.5 Å². The van der Waals surface area contributed by atoms with E-state index in [-0.39, 0.29) is 6.10 Å². The summed E-state index contributed by atoms with van der Waals surface area (Å²) in [4.78, 5) is 0. The number of rotatable bonds is 1. The Morgan fingerprint density at radius 3 is 3.07 bits per heavy atom. The van der Waals surface area contributed by atoms with Crippen molar-refractivity contribution in [2.24, 2.45) is 7.05 Å². The highest BCUT2D eigenvalue weighted by molar-refractivity contribution is 5.65. The number of allylic oxidation sites excluding steroid dienone is 1. The molecule has 3 nitrogen and oxygen atoms in total. The molecule has 1 aliphatic carbocycles. The molecule has 0 aliphatic heterocycles. The van der Waals surface area contributed by atoms with Crippen molar-refractivity contribution in [2.75, 3.05) is 0 Å².